The van der Waals surface area contributed by atoms with Crippen molar-refractivity contribution in [1.82, 2.24) is 4.90 Å². The third-order valence-corrected chi connectivity index (χ3v) is 5.38. The number of nitrogens with two attached hydrogens (primary N) is 1. The summed E-state index contributed by atoms with van der Waals surface area (Å²) in [4.78, 5) is 27.8. The summed E-state index contributed by atoms with van der Waals surface area (Å²) >= 11 is 0. The second-order valence-corrected chi connectivity index (χ2v) is 7.48. The van der Waals surface area contributed by atoms with Gasteiger partial charge in [0.1, 0.15) is 0 Å². The van der Waals surface area contributed by atoms with Crippen LogP contribution in [0.4, 0.5) is 5.69 Å². The van der Waals surface area contributed by atoms with E-state index >= 15 is 0 Å². The number of hydrogen-bond donors (Lipinski definition) is 2. The Hall–Kier alpha value is -1.99. The number of halogens is 1. The number of nitrogens with zero attached hydrogens (tertiary/aromatic N) is 1. The fraction of sp³-hybridized carbons (Fsp3) is 0.619. The largest absolute Gasteiger partial charge is 0.493 e. The van der Waals surface area contributed by atoms with Crippen molar-refractivity contribution in [2.75, 3.05) is 19.5 Å². The van der Waals surface area contributed by atoms with Gasteiger partial charge in [0.15, 0.2) is 11.5 Å². The van der Waals surface area contributed by atoms with Crippen LogP contribution in [0.25, 0.3) is 0 Å². The molecule has 3 N–H and O–H groups in total. The van der Waals surface area contributed by atoms with Crippen molar-refractivity contribution in [2.45, 2.75) is 71.0 Å². The second-order valence-electron chi connectivity index (χ2n) is 7.48. The molecule has 0 bridgehead atoms. The Morgan fingerprint density at radius 3 is 2.24 bits per heavy atom. The molecule has 1 fully saturated rings. The third kappa shape index (κ3) is 5.76. The van der Waals surface area contributed by atoms with Crippen LogP contribution in [0, 0.1) is 0 Å². The van der Waals surface area contributed by atoms with Gasteiger partial charge >= 0.3 is 0 Å². The molecule has 0 aliphatic carbocycles. The summed E-state index contributed by atoms with van der Waals surface area (Å²) in [5.41, 5.74) is 6.73. The van der Waals surface area contributed by atoms with Crippen molar-refractivity contribution in [2.24, 2.45) is 5.73 Å². The number of rotatable bonds is 7. The molecule has 0 spiro atoms. The Morgan fingerprint density at radius 2 is 1.72 bits per heavy atom. The quantitative estimate of drug-likeness (QED) is 0.693. The summed E-state index contributed by atoms with van der Waals surface area (Å²) < 4.78 is 10.7. The predicted molar refractivity (Wildman–Crippen MR) is 117 cm³/mol. The topological polar surface area (TPSA) is 93.9 Å². The molecule has 29 heavy (non-hydrogen) atoms. The number of likely N-dealkylation sites (tertiary alicyclic amines) is 1. The summed E-state index contributed by atoms with van der Waals surface area (Å²) in [5.74, 6) is 0.444. The van der Waals surface area contributed by atoms with Gasteiger partial charge in [0, 0.05) is 18.2 Å². The van der Waals surface area contributed by atoms with Gasteiger partial charge in [-0.3, -0.25) is 9.59 Å². The first-order valence-corrected chi connectivity index (χ1v) is 9.99. The van der Waals surface area contributed by atoms with Gasteiger partial charge in [0.2, 0.25) is 5.91 Å². The lowest BCUT2D eigenvalue weighted by atomic mass is 9.96. The lowest BCUT2D eigenvalue weighted by molar-refractivity contribution is -0.117. The molecule has 7 nitrogen and oxygen atoms in total. The Morgan fingerprint density at radius 1 is 1.17 bits per heavy atom. The van der Waals surface area contributed by atoms with Crippen LogP contribution >= 0.6 is 12.4 Å². The van der Waals surface area contributed by atoms with E-state index in [0.717, 1.165) is 25.7 Å². The molecule has 0 aromatic heterocycles. The van der Waals surface area contributed by atoms with Crippen molar-refractivity contribution in [3.8, 4) is 11.5 Å². The van der Waals surface area contributed by atoms with Crippen LogP contribution in [0.1, 0.15) is 63.2 Å². The zero-order valence-electron chi connectivity index (χ0n) is 18.0. The minimum absolute atomic E-state index is 0. The highest BCUT2D eigenvalue weighted by Crippen LogP contribution is 2.35. The third-order valence-electron chi connectivity index (χ3n) is 5.38. The van der Waals surface area contributed by atoms with Gasteiger partial charge < -0.3 is 25.4 Å². The van der Waals surface area contributed by atoms with E-state index in [1.807, 2.05) is 11.8 Å². The standard InChI is InChI=1S/C21H33N3O4.ClH/c1-6-8-16(22)20(25)23-17-12-19(28-5)18(27-4)11-15(17)21(26)24-13(2)9-7-10-14(24)3;/h11-14,16H,6-10,22H2,1-5H3,(H,23,25);1H. The highest BCUT2D eigenvalue weighted by molar-refractivity contribution is 6.05. The number of amides is 2. The average molecular weight is 428 g/mol. The van der Waals surface area contributed by atoms with E-state index in [9.17, 15) is 9.59 Å². The van der Waals surface area contributed by atoms with Gasteiger partial charge in [0.25, 0.3) is 5.91 Å². The molecule has 1 heterocycles. The smallest absolute Gasteiger partial charge is 0.256 e. The lowest BCUT2D eigenvalue weighted by Gasteiger charge is -2.39. The molecule has 1 saturated heterocycles. The number of nitrogens with one attached hydrogen (secondary N) is 1. The van der Waals surface area contributed by atoms with Gasteiger partial charge in [-0.25, -0.2) is 0 Å². The molecular weight excluding hydrogens is 394 g/mol. The number of anilines is 1. The fourth-order valence-corrected chi connectivity index (χ4v) is 3.79. The second kappa shape index (κ2) is 11.3. The van der Waals surface area contributed by atoms with Crippen LogP contribution in [0.2, 0.25) is 0 Å². The predicted octanol–water partition coefficient (Wildman–Crippen LogP) is 3.59. The molecular formula is C21H34ClN3O4. The number of carbonyl (C=O) groups excluding carboxylic acids is 2. The molecule has 0 radical (unpaired) electrons. The summed E-state index contributed by atoms with van der Waals surface area (Å²) in [5, 5.41) is 2.82. The normalized spacial score (nSPS) is 19.7. The number of methoxy groups -OCH3 is 2. The highest BCUT2D eigenvalue weighted by atomic mass is 35.5. The Kier molecular flexibility index (Phi) is 9.73. The minimum Gasteiger partial charge on any atom is -0.493 e. The van der Waals surface area contributed by atoms with Gasteiger partial charge in [-0.05, 0) is 45.6 Å². The number of carbonyl (C=O) groups is 2. The molecule has 8 heteroatoms. The number of ether oxygens (including phenoxy) is 2. The zero-order valence-corrected chi connectivity index (χ0v) is 18.8. The first-order valence-electron chi connectivity index (χ1n) is 9.99. The maximum Gasteiger partial charge on any atom is 0.256 e. The van der Waals surface area contributed by atoms with Gasteiger partial charge in [-0.2, -0.15) is 0 Å². The maximum absolute atomic E-state index is 13.4. The highest BCUT2D eigenvalue weighted by Gasteiger charge is 2.32. The first kappa shape index (κ1) is 25.0. The maximum atomic E-state index is 13.4. The summed E-state index contributed by atoms with van der Waals surface area (Å²) in [6.45, 7) is 6.09. The fourth-order valence-electron chi connectivity index (χ4n) is 3.79. The van der Waals surface area contributed by atoms with E-state index in [-0.39, 0.29) is 36.3 Å². The molecule has 1 aliphatic heterocycles. The first-order chi connectivity index (χ1) is 13.3. The van der Waals surface area contributed by atoms with Gasteiger partial charge in [-0.15, -0.1) is 12.4 Å². The van der Waals surface area contributed by atoms with Crippen molar-refractivity contribution in [1.29, 1.82) is 0 Å². The van der Waals surface area contributed by atoms with E-state index < -0.39 is 6.04 Å². The minimum atomic E-state index is -0.631. The van der Waals surface area contributed by atoms with Crippen LogP contribution in [-0.2, 0) is 4.79 Å². The van der Waals surface area contributed by atoms with Crippen molar-refractivity contribution < 1.29 is 19.1 Å². The molecule has 2 amide bonds. The van der Waals surface area contributed by atoms with E-state index in [4.69, 9.17) is 15.2 Å². The SMILES string of the molecule is CCCC(N)C(=O)Nc1cc(OC)c(OC)cc1C(=O)N1C(C)CCCC1C.Cl. The van der Waals surface area contributed by atoms with Crippen LogP contribution in [0.15, 0.2) is 12.1 Å². The molecule has 164 valence electrons. The van der Waals surface area contributed by atoms with E-state index in [2.05, 4.69) is 19.2 Å². The summed E-state index contributed by atoms with van der Waals surface area (Å²) in [6, 6.07) is 2.90. The van der Waals surface area contributed by atoms with Crippen LogP contribution in [0.5, 0.6) is 11.5 Å². The van der Waals surface area contributed by atoms with Crippen LogP contribution in [0.3, 0.4) is 0 Å². The van der Waals surface area contributed by atoms with Gasteiger partial charge in [0.05, 0.1) is 31.5 Å². The van der Waals surface area contributed by atoms with Gasteiger partial charge in [-0.1, -0.05) is 13.3 Å². The van der Waals surface area contributed by atoms with E-state index in [1.54, 1.807) is 12.1 Å². The van der Waals surface area contributed by atoms with Crippen LogP contribution < -0.4 is 20.5 Å². The molecule has 0 saturated carbocycles. The Balaban J connectivity index is 0.00000420. The molecule has 2 rings (SSSR count). The zero-order chi connectivity index (χ0) is 20.8. The molecule has 1 aromatic carbocycles. The number of benzene rings is 1. The van der Waals surface area contributed by atoms with Crippen molar-refractivity contribution in [3.63, 3.8) is 0 Å². The average Bonchev–Trinajstić information content (AvgIpc) is 2.67. The number of piperidine rings is 1. The molecule has 3 unspecified atom stereocenters. The number of hydrogen-bond acceptors (Lipinski definition) is 5. The lowest BCUT2D eigenvalue weighted by Crippen LogP contribution is -2.47. The molecule has 1 aliphatic rings. The van der Waals surface area contributed by atoms with Crippen molar-refractivity contribution >= 4 is 29.9 Å². The monoisotopic (exact) mass is 427 g/mol. The molecule has 1 aromatic rings. The summed E-state index contributed by atoms with van der Waals surface area (Å²) in [7, 11) is 3.04. The van der Waals surface area contributed by atoms with Crippen LogP contribution in [-0.4, -0.2) is 49.1 Å². The van der Waals surface area contributed by atoms with Crippen molar-refractivity contribution in [3.05, 3.63) is 17.7 Å². The Bertz CT molecular complexity index is 703. The van der Waals surface area contributed by atoms with E-state index in [0.29, 0.717) is 29.2 Å². The van der Waals surface area contributed by atoms with E-state index in [1.165, 1.54) is 14.2 Å². The molecule has 3 atom stereocenters. The summed E-state index contributed by atoms with van der Waals surface area (Å²) in [6.07, 6.45) is 4.41. The Labute approximate surface area is 179 Å².